The zero-order valence-electron chi connectivity index (χ0n) is 17.0. The van der Waals surface area contributed by atoms with E-state index < -0.39 is 0 Å². The Labute approximate surface area is 163 Å². The lowest BCUT2D eigenvalue weighted by molar-refractivity contribution is 0.110. The van der Waals surface area contributed by atoms with Crippen LogP contribution in [0.25, 0.3) is 0 Å². The molecule has 2 atom stereocenters. The van der Waals surface area contributed by atoms with Crippen LogP contribution < -0.4 is 15.4 Å². The summed E-state index contributed by atoms with van der Waals surface area (Å²) in [5.41, 5.74) is 2.21. The van der Waals surface area contributed by atoms with Crippen LogP contribution in [-0.2, 0) is 11.3 Å². The Morgan fingerprint density at radius 2 is 2.07 bits per heavy atom. The zero-order chi connectivity index (χ0) is 19.5. The molecule has 6 nitrogen and oxygen atoms in total. The fourth-order valence-corrected chi connectivity index (χ4v) is 3.27. The molecule has 1 aromatic rings. The van der Waals surface area contributed by atoms with E-state index in [4.69, 9.17) is 14.5 Å². The smallest absolute Gasteiger partial charge is 0.191 e. The summed E-state index contributed by atoms with van der Waals surface area (Å²) in [4.78, 5) is 4.71. The minimum absolute atomic E-state index is 0.192. The van der Waals surface area contributed by atoms with Crippen LogP contribution in [0.2, 0.25) is 0 Å². The molecule has 1 aromatic carbocycles. The summed E-state index contributed by atoms with van der Waals surface area (Å²) in [5, 5.41) is 16.6. The summed E-state index contributed by atoms with van der Waals surface area (Å²) in [5.74, 6) is 1.95. The van der Waals surface area contributed by atoms with Crippen molar-refractivity contribution in [2.45, 2.75) is 52.7 Å². The number of hydrogen-bond donors (Lipinski definition) is 3. The van der Waals surface area contributed by atoms with Crippen molar-refractivity contribution in [3.8, 4) is 5.75 Å². The fourth-order valence-electron chi connectivity index (χ4n) is 3.27. The summed E-state index contributed by atoms with van der Waals surface area (Å²) < 4.78 is 11.3. The van der Waals surface area contributed by atoms with Crippen molar-refractivity contribution in [3.63, 3.8) is 0 Å². The number of guanidine groups is 1. The van der Waals surface area contributed by atoms with Crippen molar-refractivity contribution < 1.29 is 14.6 Å². The summed E-state index contributed by atoms with van der Waals surface area (Å²) in [6.07, 6.45) is 2.89. The Morgan fingerprint density at radius 3 is 2.78 bits per heavy atom. The number of ether oxygens (including phenoxy) is 2. The van der Waals surface area contributed by atoms with Crippen LogP contribution in [0, 0.1) is 12.8 Å². The molecule has 1 fully saturated rings. The highest BCUT2D eigenvalue weighted by Crippen LogP contribution is 2.24. The number of benzene rings is 1. The van der Waals surface area contributed by atoms with Crippen LogP contribution >= 0.6 is 0 Å². The number of aliphatic imine (C=N–C) groups is 1. The Morgan fingerprint density at radius 1 is 1.22 bits per heavy atom. The Balaban J connectivity index is 1.96. The normalized spacial score (nSPS) is 19.9. The van der Waals surface area contributed by atoms with E-state index in [0.29, 0.717) is 32.3 Å². The van der Waals surface area contributed by atoms with Gasteiger partial charge in [0.2, 0.25) is 0 Å². The SMILES string of the molecule is CCNC(=NCc1ccc(C)cc1OCCOCC)NCC1CCCC1O. The van der Waals surface area contributed by atoms with Crippen molar-refractivity contribution in [1.29, 1.82) is 0 Å². The summed E-state index contributed by atoms with van der Waals surface area (Å²) in [6.45, 7) is 9.98. The highest BCUT2D eigenvalue weighted by molar-refractivity contribution is 5.79. The van der Waals surface area contributed by atoms with Crippen LogP contribution in [0.15, 0.2) is 23.2 Å². The van der Waals surface area contributed by atoms with E-state index in [-0.39, 0.29) is 6.10 Å². The molecule has 27 heavy (non-hydrogen) atoms. The maximum atomic E-state index is 10.00. The van der Waals surface area contributed by atoms with Gasteiger partial charge in [-0.15, -0.1) is 0 Å². The number of aliphatic hydroxyl groups excluding tert-OH is 1. The van der Waals surface area contributed by atoms with E-state index in [1.165, 1.54) is 0 Å². The lowest BCUT2D eigenvalue weighted by Crippen LogP contribution is -2.41. The first-order valence-electron chi connectivity index (χ1n) is 10.1. The number of aliphatic hydroxyl groups is 1. The molecule has 0 aliphatic heterocycles. The number of rotatable bonds is 10. The van der Waals surface area contributed by atoms with Crippen LogP contribution in [0.4, 0.5) is 0 Å². The molecule has 2 rings (SSSR count). The van der Waals surface area contributed by atoms with Gasteiger partial charge >= 0.3 is 0 Å². The van der Waals surface area contributed by atoms with Gasteiger partial charge in [-0.1, -0.05) is 18.6 Å². The number of nitrogens with zero attached hydrogens (tertiary/aromatic N) is 1. The molecule has 6 heteroatoms. The molecule has 3 N–H and O–H groups in total. The molecule has 2 unspecified atom stereocenters. The molecule has 0 spiro atoms. The average molecular weight is 378 g/mol. The minimum atomic E-state index is -0.192. The molecule has 0 bridgehead atoms. The van der Waals surface area contributed by atoms with Gasteiger partial charge < -0.3 is 25.2 Å². The van der Waals surface area contributed by atoms with Gasteiger partial charge in [0.1, 0.15) is 12.4 Å². The van der Waals surface area contributed by atoms with E-state index in [2.05, 4.69) is 36.6 Å². The van der Waals surface area contributed by atoms with Gasteiger partial charge in [-0.05, 0) is 45.2 Å². The zero-order valence-corrected chi connectivity index (χ0v) is 17.0. The first-order chi connectivity index (χ1) is 13.1. The molecule has 1 aliphatic carbocycles. The standard InChI is InChI=1S/C21H35N3O3/c1-4-22-21(23-14-17-7-6-8-19(17)25)24-15-18-10-9-16(3)13-20(18)27-12-11-26-5-2/h9-10,13,17,19,25H,4-8,11-12,14-15H2,1-3H3,(H2,22,23,24). The molecular weight excluding hydrogens is 342 g/mol. The highest BCUT2D eigenvalue weighted by Gasteiger charge is 2.24. The summed E-state index contributed by atoms with van der Waals surface area (Å²) in [7, 11) is 0. The van der Waals surface area contributed by atoms with Gasteiger partial charge in [0.05, 0.1) is 19.3 Å². The molecule has 152 valence electrons. The van der Waals surface area contributed by atoms with E-state index in [9.17, 15) is 5.11 Å². The van der Waals surface area contributed by atoms with E-state index in [1.807, 2.05) is 13.0 Å². The summed E-state index contributed by atoms with van der Waals surface area (Å²) >= 11 is 0. The Bertz CT molecular complexity index is 592. The second kappa shape index (κ2) is 11.8. The predicted octanol–water partition coefficient (Wildman–Crippen LogP) is 2.63. The molecule has 0 radical (unpaired) electrons. The van der Waals surface area contributed by atoms with Gasteiger partial charge in [-0.25, -0.2) is 4.99 Å². The largest absolute Gasteiger partial charge is 0.491 e. The van der Waals surface area contributed by atoms with Crippen molar-refractivity contribution >= 4 is 5.96 Å². The maximum Gasteiger partial charge on any atom is 0.191 e. The minimum Gasteiger partial charge on any atom is -0.491 e. The highest BCUT2D eigenvalue weighted by atomic mass is 16.5. The van der Waals surface area contributed by atoms with Crippen molar-refractivity contribution in [3.05, 3.63) is 29.3 Å². The summed E-state index contributed by atoms with van der Waals surface area (Å²) in [6, 6.07) is 6.20. The lowest BCUT2D eigenvalue weighted by atomic mass is 10.1. The van der Waals surface area contributed by atoms with Crippen molar-refractivity contribution in [1.82, 2.24) is 10.6 Å². The molecule has 1 aliphatic rings. The number of hydrogen-bond acceptors (Lipinski definition) is 4. The molecule has 1 saturated carbocycles. The first-order valence-corrected chi connectivity index (χ1v) is 10.1. The van der Waals surface area contributed by atoms with Crippen molar-refractivity contribution in [2.75, 3.05) is 32.9 Å². The van der Waals surface area contributed by atoms with E-state index >= 15 is 0 Å². The quantitative estimate of drug-likeness (QED) is 0.332. The average Bonchev–Trinajstić information content (AvgIpc) is 3.07. The van der Waals surface area contributed by atoms with Crippen LogP contribution in [0.5, 0.6) is 5.75 Å². The second-order valence-electron chi connectivity index (χ2n) is 6.99. The molecular formula is C21H35N3O3. The number of nitrogens with one attached hydrogen (secondary N) is 2. The number of aryl methyl sites for hydroxylation is 1. The van der Waals surface area contributed by atoms with Crippen LogP contribution in [0.1, 0.15) is 44.2 Å². The van der Waals surface area contributed by atoms with Crippen LogP contribution in [0.3, 0.4) is 0 Å². The van der Waals surface area contributed by atoms with Crippen molar-refractivity contribution in [2.24, 2.45) is 10.9 Å². The van der Waals surface area contributed by atoms with E-state index in [0.717, 1.165) is 55.2 Å². The third-order valence-electron chi connectivity index (χ3n) is 4.81. The predicted molar refractivity (Wildman–Crippen MR) is 109 cm³/mol. The molecule has 0 saturated heterocycles. The molecule has 0 amide bonds. The third-order valence-corrected chi connectivity index (χ3v) is 4.81. The van der Waals surface area contributed by atoms with Gasteiger partial charge in [-0.3, -0.25) is 0 Å². The Kier molecular flexibility index (Phi) is 9.42. The van der Waals surface area contributed by atoms with Gasteiger partial charge in [0.15, 0.2) is 5.96 Å². The maximum absolute atomic E-state index is 10.00. The lowest BCUT2D eigenvalue weighted by Gasteiger charge is -2.18. The molecule has 0 heterocycles. The van der Waals surface area contributed by atoms with Crippen LogP contribution in [-0.4, -0.2) is 50.1 Å². The first kappa shape index (κ1) is 21.5. The van der Waals surface area contributed by atoms with E-state index in [1.54, 1.807) is 0 Å². The fraction of sp³-hybridized carbons (Fsp3) is 0.667. The van der Waals surface area contributed by atoms with Gasteiger partial charge in [-0.2, -0.15) is 0 Å². The topological polar surface area (TPSA) is 75.1 Å². The van der Waals surface area contributed by atoms with Gasteiger partial charge in [0, 0.05) is 31.2 Å². The Hall–Kier alpha value is -1.79. The monoisotopic (exact) mass is 377 g/mol. The third kappa shape index (κ3) is 7.39. The molecule has 0 aromatic heterocycles. The second-order valence-corrected chi connectivity index (χ2v) is 6.99. The van der Waals surface area contributed by atoms with Gasteiger partial charge in [0.25, 0.3) is 0 Å².